The van der Waals surface area contributed by atoms with Crippen LogP contribution in [-0.2, 0) is 71.2 Å². The van der Waals surface area contributed by atoms with Crippen molar-refractivity contribution in [1.29, 1.82) is 0 Å². The van der Waals surface area contributed by atoms with Crippen molar-refractivity contribution >= 4 is 11.9 Å². The summed E-state index contributed by atoms with van der Waals surface area (Å²) in [4.78, 5) is 21.9. The number of carbonyl (C=O) groups is 2. The van der Waals surface area contributed by atoms with Gasteiger partial charge in [0.2, 0.25) is 0 Å². The lowest BCUT2D eigenvalue weighted by atomic mass is 10.0. The summed E-state index contributed by atoms with van der Waals surface area (Å²) in [6.07, 6.45) is 18.9. The second-order valence-electron chi connectivity index (χ2n) is 14.4. The molecule has 0 saturated heterocycles. The Morgan fingerprint density at radius 3 is 0.787 bits per heavy atom. The van der Waals surface area contributed by atoms with Gasteiger partial charge in [0.25, 0.3) is 0 Å². The second kappa shape index (κ2) is 54.6. The lowest BCUT2D eigenvalue weighted by Gasteiger charge is -2.09. The molecule has 0 aliphatic carbocycles. The molecule has 16 heteroatoms. The van der Waals surface area contributed by atoms with Gasteiger partial charge in [-0.3, -0.25) is 9.59 Å². The van der Waals surface area contributed by atoms with Crippen LogP contribution in [0.3, 0.4) is 0 Å². The monoisotopic (exact) mass is 885 g/mol. The molecule has 0 fully saturated rings. The maximum Gasteiger partial charge on any atom is 0.305 e. The number of unbranched alkanes of at least 4 members (excludes halogenated alkanes) is 13. The van der Waals surface area contributed by atoms with Crippen LogP contribution in [0.5, 0.6) is 0 Å². The van der Waals surface area contributed by atoms with Gasteiger partial charge in [-0.15, -0.1) is 0 Å². The summed E-state index contributed by atoms with van der Waals surface area (Å²) in [5, 5.41) is 8.57. The Labute approximate surface area is 368 Å². The van der Waals surface area contributed by atoms with E-state index < -0.39 is 5.97 Å². The Morgan fingerprint density at radius 1 is 0.279 bits per heavy atom. The molecule has 0 amide bonds. The molecule has 1 N–H and O–H groups in total. The summed E-state index contributed by atoms with van der Waals surface area (Å²) in [5.74, 6) is -1.21. The molecule has 0 rings (SSSR count). The molecular formula is C45H88O16. The minimum Gasteiger partial charge on any atom is -0.481 e. The average Bonchev–Trinajstić information content (AvgIpc) is 3.25. The van der Waals surface area contributed by atoms with Gasteiger partial charge in [-0.25, -0.2) is 0 Å². The minimum atomic E-state index is -0.862. The van der Waals surface area contributed by atoms with Crippen molar-refractivity contribution in [2.45, 2.75) is 116 Å². The lowest BCUT2D eigenvalue weighted by Crippen LogP contribution is -2.15. The lowest BCUT2D eigenvalue weighted by molar-refractivity contribution is -0.146. The molecule has 0 saturated carbocycles. The van der Waals surface area contributed by atoms with Crippen LogP contribution in [0.1, 0.15) is 116 Å². The fourth-order valence-electron chi connectivity index (χ4n) is 5.58. The summed E-state index contributed by atoms with van der Waals surface area (Å²) in [7, 11) is 0. The van der Waals surface area contributed by atoms with E-state index in [-0.39, 0.29) is 32.0 Å². The third-order valence-electron chi connectivity index (χ3n) is 9.00. The molecule has 61 heavy (non-hydrogen) atoms. The highest BCUT2D eigenvalue weighted by Gasteiger charge is 2.04. The van der Waals surface area contributed by atoms with Gasteiger partial charge in [0.15, 0.2) is 0 Å². The zero-order valence-corrected chi connectivity index (χ0v) is 38.3. The van der Waals surface area contributed by atoms with Crippen molar-refractivity contribution in [1.82, 2.24) is 0 Å². The number of hydrogen-bond donors (Lipinski definition) is 1. The molecule has 0 aromatic carbocycles. The van der Waals surface area contributed by atoms with Gasteiger partial charge in [-0.1, -0.05) is 84.0 Å². The Bertz CT molecular complexity index is 855. The second-order valence-corrected chi connectivity index (χ2v) is 14.4. The molecule has 0 unspecified atom stereocenters. The van der Waals surface area contributed by atoms with E-state index in [0.717, 1.165) is 13.0 Å². The molecule has 0 heterocycles. The van der Waals surface area contributed by atoms with Crippen LogP contribution in [0.4, 0.5) is 0 Å². The summed E-state index contributed by atoms with van der Waals surface area (Å²) < 4.78 is 71.1. The third kappa shape index (κ3) is 56.4. The molecule has 0 aromatic heterocycles. The van der Waals surface area contributed by atoms with Crippen LogP contribution < -0.4 is 0 Å². The highest BCUT2D eigenvalue weighted by Crippen LogP contribution is 2.12. The Morgan fingerprint density at radius 2 is 0.508 bits per heavy atom. The molecule has 364 valence electrons. The number of carboxylic acids is 1. The average molecular weight is 885 g/mol. The topological polar surface area (TPSA) is 174 Å². The first-order valence-corrected chi connectivity index (χ1v) is 23.5. The molecule has 0 aromatic rings. The van der Waals surface area contributed by atoms with Crippen LogP contribution in [0.25, 0.3) is 0 Å². The molecule has 0 aliphatic rings. The number of rotatable bonds is 55. The highest BCUT2D eigenvalue weighted by molar-refractivity contribution is 5.69. The van der Waals surface area contributed by atoms with Crippen LogP contribution in [-0.4, -0.2) is 182 Å². The standard InChI is InChI=1S/C45H88O16/c1-2-3-4-5-6-7-8-9-10-11-12-13-16-19-49-20-21-50-22-23-51-24-25-52-26-27-53-28-29-54-30-31-55-32-33-56-34-35-57-36-37-58-38-39-59-40-41-60-42-43-61-45(48)18-15-14-17-44(46)47/h2-43H2,1H3,(H,46,47). The van der Waals surface area contributed by atoms with E-state index in [1.165, 1.54) is 77.0 Å². The minimum absolute atomic E-state index is 0.0596. The van der Waals surface area contributed by atoms with E-state index in [4.69, 9.17) is 66.7 Å². The van der Waals surface area contributed by atoms with Crippen molar-refractivity contribution in [3.8, 4) is 0 Å². The van der Waals surface area contributed by atoms with Crippen LogP contribution in [0, 0.1) is 0 Å². The van der Waals surface area contributed by atoms with Gasteiger partial charge in [-0.2, -0.15) is 0 Å². The smallest absolute Gasteiger partial charge is 0.305 e. The largest absolute Gasteiger partial charge is 0.481 e. The maximum atomic E-state index is 11.5. The van der Waals surface area contributed by atoms with Crippen LogP contribution in [0.2, 0.25) is 0 Å². The van der Waals surface area contributed by atoms with Crippen molar-refractivity contribution in [3.63, 3.8) is 0 Å². The van der Waals surface area contributed by atoms with Crippen molar-refractivity contribution in [2.24, 2.45) is 0 Å². The number of hydrogen-bond acceptors (Lipinski definition) is 15. The molecule has 0 atom stereocenters. The number of carbonyl (C=O) groups excluding carboxylic acids is 1. The van der Waals surface area contributed by atoms with Crippen LogP contribution >= 0.6 is 0 Å². The molecule has 0 bridgehead atoms. The predicted molar refractivity (Wildman–Crippen MR) is 233 cm³/mol. The summed E-state index contributed by atoms with van der Waals surface area (Å²) in [6, 6.07) is 0. The molecule has 0 radical (unpaired) electrons. The third-order valence-corrected chi connectivity index (χ3v) is 9.00. The fourth-order valence-corrected chi connectivity index (χ4v) is 5.58. The van der Waals surface area contributed by atoms with E-state index >= 15 is 0 Å². The number of carboxylic acid groups (broad SMARTS) is 1. The highest BCUT2D eigenvalue weighted by atomic mass is 16.6. The van der Waals surface area contributed by atoms with Gasteiger partial charge >= 0.3 is 11.9 Å². The Hall–Kier alpha value is -1.54. The van der Waals surface area contributed by atoms with Gasteiger partial charge in [0.1, 0.15) is 6.61 Å². The normalized spacial score (nSPS) is 11.5. The Balaban J connectivity index is 3.09. The quantitative estimate of drug-likeness (QED) is 0.0520. The SMILES string of the molecule is CCCCCCCCCCCCCCCOCCOCCOCCOCCOCCOCCOCCOCCOCCOCCOCCOCCOC(=O)CCCCC(=O)O. The van der Waals surface area contributed by atoms with Gasteiger partial charge < -0.3 is 66.7 Å². The van der Waals surface area contributed by atoms with E-state index in [2.05, 4.69) is 6.92 Å². The summed E-state index contributed by atoms with van der Waals surface area (Å²) in [6.45, 7) is 14.5. The first-order valence-electron chi connectivity index (χ1n) is 23.5. The van der Waals surface area contributed by atoms with Gasteiger partial charge in [-0.05, 0) is 19.3 Å². The number of ether oxygens (including phenoxy) is 13. The molecular weight excluding hydrogens is 796 g/mol. The zero-order chi connectivity index (χ0) is 44.0. The van der Waals surface area contributed by atoms with Gasteiger partial charge in [0, 0.05) is 19.4 Å². The molecule has 0 spiro atoms. The maximum absolute atomic E-state index is 11.5. The van der Waals surface area contributed by atoms with E-state index in [0.29, 0.717) is 158 Å². The van der Waals surface area contributed by atoms with Crippen LogP contribution in [0.15, 0.2) is 0 Å². The first-order chi connectivity index (χ1) is 30.2. The fraction of sp³-hybridized carbons (Fsp3) is 0.956. The van der Waals surface area contributed by atoms with E-state index in [9.17, 15) is 9.59 Å². The van der Waals surface area contributed by atoms with Crippen molar-refractivity contribution < 1.29 is 76.3 Å². The Kier molecular flexibility index (Phi) is 53.2. The number of esters is 1. The predicted octanol–water partition coefficient (Wildman–Crippen LogP) is 6.47. The van der Waals surface area contributed by atoms with E-state index in [1.807, 2.05) is 0 Å². The van der Waals surface area contributed by atoms with Gasteiger partial charge in [0.05, 0.1) is 152 Å². The van der Waals surface area contributed by atoms with Crippen molar-refractivity contribution in [2.75, 3.05) is 165 Å². The molecule has 0 aliphatic heterocycles. The first kappa shape index (κ1) is 59.5. The zero-order valence-electron chi connectivity index (χ0n) is 38.3. The van der Waals surface area contributed by atoms with E-state index in [1.54, 1.807) is 0 Å². The number of aliphatic carboxylic acids is 1. The van der Waals surface area contributed by atoms with Crippen molar-refractivity contribution in [3.05, 3.63) is 0 Å². The molecule has 16 nitrogen and oxygen atoms in total. The summed E-state index contributed by atoms with van der Waals surface area (Å²) in [5.41, 5.74) is 0. The summed E-state index contributed by atoms with van der Waals surface area (Å²) >= 11 is 0.